The van der Waals surface area contributed by atoms with Crippen LogP contribution in [0.2, 0.25) is 0 Å². The molecule has 1 fully saturated rings. The van der Waals surface area contributed by atoms with Crippen molar-refractivity contribution >= 4 is 18.0 Å². The zero-order chi connectivity index (χ0) is 24.1. The Kier molecular flexibility index (Phi) is 7.50. The van der Waals surface area contributed by atoms with E-state index in [2.05, 4.69) is 29.6 Å². The Balaban J connectivity index is 1.21. The van der Waals surface area contributed by atoms with Gasteiger partial charge in [0.2, 0.25) is 5.91 Å². The third-order valence-electron chi connectivity index (χ3n) is 6.90. The third-order valence-corrected chi connectivity index (χ3v) is 6.90. The molecule has 1 saturated heterocycles. The lowest BCUT2D eigenvalue weighted by atomic mass is 9.98. The SMILES string of the molecule is CC(CCC(=O)N1CCC[C@H]1CC(=O)O)CNC(=O)OCC1c2ccccc2-c2ccccc21. The highest BCUT2D eigenvalue weighted by molar-refractivity contribution is 5.79. The Hall–Kier alpha value is -3.35. The molecule has 1 aliphatic heterocycles. The number of benzene rings is 2. The number of carboxylic acids is 1. The van der Waals surface area contributed by atoms with E-state index in [1.807, 2.05) is 31.2 Å². The highest BCUT2D eigenvalue weighted by atomic mass is 16.5. The molecular weight excluding hydrogens is 432 g/mol. The molecule has 2 atom stereocenters. The van der Waals surface area contributed by atoms with Crippen molar-refractivity contribution < 1.29 is 24.2 Å². The van der Waals surface area contributed by atoms with Gasteiger partial charge in [0.1, 0.15) is 6.61 Å². The van der Waals surface area contributed by atoms with Crippen molar-refractivity contribution in [1.29, 1.82) is 0 Å². The Morgan fingerprint density at radius 3 is 2.38 bits per heavy atom. The number of carbonyl (C=O) groups is 3. The van der Waals surface area contributed by atoms with Gasteiger partial charge in [-0.15, -0.1) is 0 Å². The molecule has 1 unspecified atom stereocenters. The maximum Gasteiger partial charge on any atom is 0.407 e. The van der Waals surface area contributed by atoms with Crippen molar-refractivity contribution in [3.05, 3.63) is 59.7 Å². The van der Waals surface area contributed by atoms with Gasteiger partial charge in [0.15, 0.2) is 0 Å². The molecule has 1 aliphatic carbocycles. The molecule has 1 heterocycles. The minimum atomic E-state index is -0.870. The fraction of sp³-hybridized carbons (Fsp3) is 0.444. The Bertz CT molecular complexity index is 1010. The Labute approximate surface area is 200 Å². The average molecular weight is 465 g/mol. The molecule has 7 nitrogen and oxygen atoms in total. The van der Waals surface area contributed by atoms with Crippen LogP contribution in [0, 0.1) is 5.92 Å². The van der Waals surface area contributed by atoms with Crippen LogP contribution in [0.25, 0.3) is 11.1 Å². The molecule has 2 amide bonds. The van der Waals surface area contributed by atoms with E-state index >= 15 is 0 Å². The summed E-state index contributed by atoms with van der Waals surface area (Å²) in [7, 11) is 0. The first kappa shape index (κ1) is 23.8. The van der Waals surface area contributed by atoms with Crippen molar-refractivity contribution in [2.24, 2.45) is 5.92 Å². The number of nitrogens with one attached hydrogen (secondary N) is 1. The maximum absolute atomic E-state index is 12.6. The number of amides is 2. The lowest BCUT2D eigenvalue weighted by molar-refractivity contribution is -0.140. The number of carbonyl (C=O) groups excluding carboxylic acids is 2. The first-order chi connectivity index (χ1) is 16.4. The van der Waals surface area contributed by atoms with Crippen LogP contribution in [-0.4, -0.2) is 53.7 Å². The first-order valence-electron chi connectivity index (χ1n) is 12.0. The predicted molar refractivity (Wildman–Crippen MR) is 128 cm³/mol. The van der Waals surface area contributed by atoms with Crippen LogP contribution in [0.5, 0.6) is 0 Å². The number of likely N-dealkylation sites (tertiary alicyclic amines) is 1. The lowest BCUT2D eigenvalue weighted by Gasteiger charge is -2.24. The first-order valence-corrected chi connectivity index (χ1v) is 12.0. The predicted octanol–water partition coefficient (Wildman–Crippen LogP) is 4.41. The normalized spacial score (nSPS) is 17.7. The molecule has 2 N–H and O–H groups in total. The van der Waals surface area contributed by atoms with Crippen molar-refractivity contribution in [3.8, 4) is 11.1 Å². The summed E-state index contributed by atoms with van der Waals surface area (Å²) >= 11 is 0. The van der Waals surface area contributed by atoms with Gasteiger partial charge in [-0.05, 0) is 47.4 Å². The molecule has 34 heavy (non-hydrogen) atoms. The van der Waals surface area contributed by atoms with E-state index < -0.39 is 12.1 Å². The van der Waals surface area contributed by atoms with E-state index in [9.17, 15) is 14.4 Å². The molecule has 2 aromatic rings. The van der Waals surface area contributed by atoms with Gasteiger partial charge in [0, 0.05) is 31.5 Å². The standard InChI is InChI=1S/C27H32N2O5/c1-18(12-13-25(30)29-14-6-7-19(29)15-26(31)32)16-28-27(33)34-17-24-22-10-4-2-8-20(22)21-9-3-5-11-23(21)24/h2-5,8-11,18-19,24H,6-7,12-17H2,1H3,(H,28,33)(H,31,32)/t18?,19-/m0/s1. The van der Waals surface area contributed by atoms with Gasteiger partial charge in [-0.1, -0.05) is 55.5 Å². The van der Waals surface area contributed by atoms with Crippen LogP contribution < -0.4 is 5.32 Å². The number of rotatable bonds is 9. The van der Waals surface area contributed by atoms with Crippen molar-refractivity contribution in [2.45, 2.75) is 51.0 Å². The fourth-order valence-corrected chi connectivity index (χ4v) is 5.10. The van der Waals surface area contributed by atoms with E-state index in [1.54, 1.807) is 4.90 Å². The second kappa shape index (κ2) is 10.7. The average Bonchev–Trinajstić information content (AvgIpc) is 3.42. The van der Waals surface area contributed by atoms with Gasteiger partial charge in [0.05, 0.1) is 6.42 Å². The van der Waals surface area contributed by atoms with Gasteiger partial charge < -0.3 is 20.1 Å². The topological polar surface area (TPSA) is 95.9 Å². The highest BCUT2D eigenvalue weighted by Gasteiger charge is 2.31. The summed E-state index contributed by atoms with van der Waals surface area (Å²) in [5.41, 5.74) is 4.72. The lowest BCUT2D eigenvalue weighted by Crippen LogP contribution is -2.37. The van der Waals surface area contributed by atoms with E-state index in [0.29, 0.717) is 25.9 Å². The zero-order valence-electron chi connectivity index (χ0n) is 19.5. The smallest absolute Gasteiger partial charge is 0.407 e. The monoisotopic (exact) mass is 464 g/mol. The van der Waals surface area contributed by atoms with Gasteiger partial charge in [-0.3, -0.25) is 9.59 Å². The van der Waals surface area contributed by atoms with Gasteiger partial charge in [-0.25, -0.2) is 4.79 Å². The van der Waals surface area contributed by atoms with Crippen LogP contribution in [0.1, 0.15) is 56.1 Å². The van der Waals surface area contributed by atoms with Gasteiger partial charge in [-0.2, -0.15) is 0 Å². The molecule has 0 spiro atoms. The number of ether oxygens (including phenoxy) is 1. The second-order valence-corrected chi connectivity index (χ2v) is 9.33. The highest BCUT2D eigenvalue weighted by Crippen LogP contribution is 2.44. The summed E-state index contributed by atoms with van der Waals surface area (Å²) < 4.78 is 5.57. The van der Waals surface area contributed by atoms with Crippen LogP contribution in [-0.2, 0) is 14.3 Å². The van der Waals surface area contributed by atoms with Gasteiger partial charge >= 0.3 is 12.1 Å². The van der Waals surface area contributed by atoms with Gasteiger partial charge in [0.25, 0.3) is 0 Å². The van der Waals surface area contributed by atoms with Crippen molar-refractivity contribution in [3.63, 3.8) is 0 Å². The molecule has 0 bridgehead atoms. The minimum absolute atomic E-state index is 0.00302. The number of fused-ring (bicyclic) bond motifs is 3. The van der Waals surface area contributed by atoms with E-state index in [1.165, 1.54) is 22.3 Å². The van der Waals surface area contributed by atoms with E-state index in [0.717, 1.165) is 12.8 Å². The Morgan fingerprint density at radius 1 is 1.09 bits per heavy atom. The van der Waals surface area contributed by atoms with Crippen molar-refractivity contribution in [1.82, 2.24) is 10.2 Å². The van der Waals surface area contributed by atoms with E-state index in [4.69, 9.17) is 9.84 Å². The van der Waals surface area contributed by atoms with Crippen LogP contribution in [0.3, 0.4) is 0 Å². The molecule has 2 aliphatic rings. The maximum atomic E-state index is 12.6. The summed E-state index contributed by atoms with van der Waals surface area (Å²) in [5, 5.41) is 11.9. The summed E-state index contributed by atoms with van der Waals surface area (Å²) in [6.45, 7) is 3.30. The summed E-state index contributed by atoms with van der Waals surface area (Å²) in [4.78, 5) is 37.6. The summed E-state index contributed by atoms with van der Waals surface area (Å²) in [5.74, 6) is -0.750. The molecule has 4 rings (SSSR count). The third kappa shape index (κ3) is 5.41. The van der Waals surface area contributed by atoms with Crippen molar-refractivity contribution in [2.75, 3.05) is 19.7 Å². The number of carboxylic acid groups (broad SMARTS) is 1. The molecule has 0 aromatic heterocycles. The number of hydrogen-bond acceptors (Lipinski definition) is 4. The van der Waals surface area contributed by atoms with Crippen LogP contribution in [0.4, 0.5) is 4.79 Å². The minimum Gasteiger partial charge on any atom is -0.481 e. The summed E-state index contributed by atoms with van der Waals surface area (Å²) in [6.07, 6.45) is 2.12. The number of aliphatic carboxylic acids is 1. The molecule has 0 radical (unpaired) electrons. The van der Waals surface area contributed by atoms with Crippen LogP contribution in [0.15, 0.2) is 48.5 Å². The zero-order valence-corrected chi connectivity index (χ0v) is 19.5. The quantitative estimate of drug-likeness (QED) is 0.573. The van der Waals surface area contributed by atoms with E-state index in [-0.39, 0.29) is 36.8 Å². The Morgan fingerprint density at radius 2 is 1.74 bits per heavy atom. The fourth-order valence-electron chi connectivity index (χ4n) is 5.10. The number of nitrogens with zero attached hydrogens (tertiary/aromatic N) is 1. The number of alkyl carbamates (subject to hydrolysis) is 1. The molecule has 0 saturated carbocycles. The molecule has 180 valence electrons. The second-order valence-electron chi connectivity index (χ2n) is 9.33. The van der Waals surface area contributed by atoms with Crippen LogP contribution >= 0.6 is 0 Å². The molecule has 2 aromatic carbocycles. The molecule has 7 heteroatoms. The largest absolute Gasteiger partial charge is 0.481 e. The summed E-state index contributed by atoms with van der Waals surface area (Å²) in [6, 6.07) is 16.2. The molecular formula is C27H32N2O5. The number of hydrogen-bond donors (Lipinski definition) is 2.